The van der Waals surface area contributed by atoms with Crippen molar-refractivity contribution < 1.29 is 9.53 Å². The second-order valence-corrected chi connectivity index (χ2v) is 6.64. The lowest BCUT2D eigenvalue weighted by molar-refractivity contribution is -0.139. The summed E-state index contributed by atoms with van der Waals surface area (Å²) in [6, 6.07) is 17.3. The Labute approximate surface area is 156 Å². The van der Waals surface area contributed by atoms with E-state index in [4.69, 9.17) is 4.74 Å². The van der Waals surface area contributed by atoms with Crippen LogP contribution in [0.3, 0.4) is 0 Å². The van der Waals surface area contributed by atoms with Crippen molar-refractivity contribution in [2.24, 2.45) is 0 Å². The number of aromatic amines is 1. The third-order valence-corrected chi connectivity index (χ3v) is 4.84. The van der Waals surface area contributed by atoms with Gasteiger partial charge in [-0.15, -0.1) is 0 Å². The van der Waals surface area contributed by atoms with Gasteiger partial charge in [0.1, 0.15) is 11.8 Å². The van der Waals surface area contributed by atoms with Crippen LogP contribution in [0.1, 0.15) is 23.8 Å². The third kappa shape index (κ3) is 3.90. The van der Waals surface area contributed by atoms with Crippen molar-refractivity contribution in [1.82, 2.24) is 14.9 Å². The van der Waals surface area contributed by atoms with Gasteiger partial charge >= 0.3 is 0 Å². The van der Waals surface area contributed by atoms with E-state index in [9.17, 15) is 9.59 Å². The second kappa shape index (κ2) is 7.72. The van der Waals surface area contributed by atoms with E-state index < -0.39 is 0 Å². The zero-order valence-corrected chi connectivity index (χ0v) is 14.9. The summed E-state index contributed by atoms with van der Waals surface area (Å²) in [4.78, 5) is 33.9. The first-order chi connectivity index (χ1) is 13.2. The summed E-state index contributed by atoms with van der Waals surface area (Å²) < 4.78 is 5.81. The van der Waals surface area contributed by atoms with Crippen molar-refractivity contribution in [3.8, 4) is 0 Å². The summed E-state index contributed by atoms with van der Waals surface area (Å²) in [5.41, 5.74) is 2.68. The Balaban J connectivity index is 1.42. The molecule has 1 aliphatic heterocycles. The smallest absolute Gasteiger partial charge is 0.270 e. The molecule has 1 aliphatic rings. The number of nitrogens with zero attached hydrogens (tertiary/aromatic N) is 2. The molecule has 3 aromatic rings. The fourth-order valence-electron chi connectivity index (χ4n) is 3.37. The van der Waals surface area contributed by atoms with Gasteiger partial charge in [0.05, 0.1) is 24.2 Å². The lowest BCUT2D eigenvalue weighted by Crippen LogP contribution is -2.42. The number of para-hydroxylation sites is 2. The number of carbonyl (C=O) groups excluding carboxylic acids is 1. The number of hydrogen-bond donors (Lipinski definition) is 1. The van der Waals surface area contributed by atoms with Crippen LogP contribution in [-0.2, 0) is 16.0 Å². The van der Waals surface area contributed by atoms with Crippen molar-refractivity contribution in [3.05, 3.63) is 76.2 Å². The molecule has 1 amide bonds. The van der Waals surface area contributed by atoms with Crippen molar-refractivity contribution in [2.45, 2.75) is 18.9 Å². The van der Waals surface area contributed by atoms with Crippen LogP contribution in [0, 0.1) is 0 Å². The van der Waals surface area contributed by atoms with Gasteiger partial charge in [-0.1, -0.05) is 42.5 Å². The van der Waals surface area contributed by atoms with Crippen LogP contribution in [0.5, 0.6) is 0 Å². The molecule has 6 nitrogen and oxygen atoms in total. The molecule has 0 saturated carbocycles. The lowest BCUT2D eigenvalue weighted by Gasteiger charge is -2.33. The van der Waals surface area contributed by atoms with Gasteiger partial charge in [-0.25, -0.2) is 4.98 Å². The van der Waals surface area contributed by atoms with Gasteiger partial charge < -0.3 is 14.6 Å². The Kier molecular flexibility index (Phi) is 4.98. The fourth-order valence-corrected chi connectivity index (χ4v) is 3.37. The van der Waals surface area contributed by atoms with E-state index in [1.807, 2.05) is 59.5 Å². The number of rotatable bonds is 4. The van der Waals surface area contributed by atoms with Crippen molar-refractivity contribution in [1.29, 1.82) is 0 Å². The molecule has 2 aromatic carbocycles. The van der Waals surface area contributed by atoms with Crippen molar-refractivity contribution in [2.75, 3.05) is 19.7 Å². The van der Waals surface area contributed by atoms with E-state index >= 15 is 0 Å². The third-order valence-electron chi connectivity index (χ3n) is 4.84. The number of nitrogens with one attached hydrogen (secondary N) is 1. The second-order valence-electron chi connectivity index (χ2n) is 6.64. The summed E-state index contributed by atoms with van der Waals surface area (Å²) in [7, 11) is 0. The van der Waals surface area contributed by atoms with Gasteiger partial charge in [0.15, 0.2) is 0 Å². The molecule has 138 valence electrons. The van der Waals surface area contributed by atoms with Gasteiger partial charge in [-0.2, -0.15) is 0 Å². The van der Waals surface area contributed by atoms with E-state index in [0.717, 1.165) is 11.1 Å². The van der Waals surface area contributed by atoms with E-state index in [-0.39, 0.29) is 24.0 Å². The van der Waals surface area contributed by atoms with Gasteiger partial charge in [-0.3, -0.25) is 9.59 Å². The number of H-pyrrole nitrogens is 1. The molecule has 0 radical (unpaired) electrons. The fraction of sp³-hybridized carbons (Fsp3) is 0.286. The number of hydrogen-bond acceptors (Lipinski definition) is 4. The molecule has 0 bridgehead atoms. The van der Waals surface area contributed by atoms with Crippen molar-refractivity contribution in [3.63, 3.8) is 0 Å². The van der Waals surface area contributed by atoms with Crippen LogP contribution in [-0.4, -0.2) is 40.5 Å². The summed E-state index contributed by atoms with van der Waals surface area (Å²) >= 11 is 0. The first kappa shape index (κ1) is 17.4. The molecule has 1 aromatic heterocycles. The molecule has 0 aliphatic carbocycles. The predicted octanol–water partition coefficient (Wildman–Crippen LogP) is 2.46. The molecule has 1 N–H and O–H groups in total. The number of aryl methyl sites for hydroxylation is 1. The molecule has 0 unspecified atom stereocenters. The lowest BCUT2D eigenvalue weighted by atomic mass is 10.1. The molecular formula is C21H21N3O3. The van der Waals surface area contributed by atoms with E-state index in [1.165, 1.54) is 0 Å². The Morgan fingerprint density at radius 1 is 1.15 bits per heavy atom. The Bertz CT molecular complexity index is 1000. The molecule has 6 heteroatoms. The van der Waals surface area contributed by atoms with E-state index in [1.54, 1.807) is 0 Å². The first-order valence-electron chi connectivity index (χ1n) is 9.13. The number of morpholine rings is 1. The quantitative estimate of drug-likeness (QED) is 0.773. The van der Waals surface area contributed by atoms with Crippen LogP contribution in [0.2, 0.25) is 0 Å². The molecule has 27 heavy (non-hydrogen) atoms. The maximum Gasteiger partial charge on any atom is 0.270 e. The Morgan fingerprint density at radius 2 is 1.93 bits per heavy atom. The minimum atomic E-state index is -0.231. The van der Waals surface area contributed by atoms with Crippen LogP contribution in [0.4, 0.5) is 0 Å². The minimum Gasteiger partial charge on any atom is -0.370 e. The molecule has 4 rings (SSSR count). The SMILES string of the molecule is O=C(CCc1nc2ccccc2[nH]c1=O)N1CCO[C@H](c2ccccc2)C1. The molecule has 1 fully saturated rings. The van der Waals surface area contributed by atoms with Crippen LogP contribution < -0.4 is 5.56 Å². The number of carbonyl (C=O) groups is 1. The van der Waals surface area contributed by atoms with Crippen LogP contribution >= 0.6 is 0 Å². The minimum absolute atomic E-state index is 0.0218. The largest absolute Gasteiger partial charge is 0.370 e. The highest BCUT2D eigenvalue weighted by atomic mass is 16.5. The summed E-state index contributed by atoms with van der Waals surface area (Å²) in [6.45, 7) is 1.62. The molecular weight excluding hydrogens is 342 g/mol. The summed E-state index contributed by atoms with van der Waals surface area (Å²) in [5.74, 6) is 0.0218. The number of fused-ring (bicyclic) bond motifs is 1. The van der Waals surface area contributed by atoms with Crippen LogP contribution in [0.15, 0.2) is 59.4 Å². The normalized spacial score (nSPS) is 17.2. The van der Waals surface area contributed by atoms with Gasteiger partial charge in [0.25, 0.3) is 5.56 Å². The molecule has 2 heterocycles. The molecule has 1 saturated heterocycles. The van der Waals surface area contributed by atoms with Gasteiger partial charge in [0, 0.05) is 19.4 Å². The number of aromatic nitrogens is 2. The maximum atomic E-state index is 12.7. The van der Waals surface area contributed by atoms with E-state index in [2.05, 4.69) is 9.97 Å². The molecule has 1 atom stereocenters. The standard InChI is InChI=1S/C21H21N3O3/c25-20(24-12-13-27-19(14-24)15-6-2-1-3-7-15)11-10-18-21(26)23-17-9-5-4-8-16(17)22-18/h1-9,19H,10-14H2,(H,23,26)/t19-/m0/s1. The van der Waals surface area contributed by atoms with Gasteiger partial charge in [0.2, 0.25) is 5.91 Å². The van der Waals surface area contributed by atoms with Crippen molar-refractivity contribution >= 4 is 16.9 Å². The van der Waals surface area contributed by atoms with Crippen LogP contribution in [0.25, 0.3) is 11.0 Å². The predicted molar refractivity (Wildman–Crippen MR) is 102 cm³/mol. The number of benzene rings is 2. The monoisotopic (exact) mass is 363 g/mol. The number of amides is 1. The van der Waals surface area contributed by atoms with E-state index in [0.29, 0.717) is 37.3 Å². The highest BCUT2D eigenvalue weighted by Crippen LogP contribution is 2.22. The Morgan fingerprint density at radius 3 is 2.78 bits per heavy atom. The zero-order chi connectivity index (χ0) is 18.6. The Hall–Kier alpha value is -2.99. The average molecular weight is 363 g/mol. The first-order valence-corrected chi connectivity index (χ1v) is 9.13. The summed E-state index contributed by atoms with van der Waals surface area (Å²) in [6.07, 6.45) is 0.480. The highest BCUT2D eigenvalue weighted by Gasteiger charge is 2.25. The average Bonchev–Trinajstić information content (AvgIpc) is 2.72. The highest BCUT2D eigenvalue weighted by molar-refractivity contribution is 5.77. The van der Waals surface area contributed by atoms with Gasteiger partial charge in [-0.05, 0) is 17.7 Å². The maximum absolute atomic E-state index is 12.7. The summed E-state index contributed by atoms with van der Waals surface area (Å²) in [5, 5.41) is 0. The zero-order valence-electron chi connectivity index (χ0n) is 14.9. The molecule has 0 spiro atoms. The number of ether oxygens (including phenoxy) is 1. The topological polar surface area (TPSA) is 75.3 Å².